The lowest BCUT2D eigenvalue weighted by Gasteiger charge is -2.42. The van der Waals surface area contributed by atoms with E-state index in [0.717, 1.165) is 22.3 Å². The molecule has 0 radical (unpaired) electrons. The van der Waals surface area contributed by atoms with Gasteiger partial charge in [0.2, 0.25) is 5.91 Å². The van der Waals surface area contributed by atoms with Crippen molar-refractivity contribution in [3.63, 3.8) is 0 Å². The SMILES string of the molecule is NC(=O)c1cccc(CN2C(=O)N(Cc3cccc(OCP(=O)(O)OC(Cc4ccccc4)c4ccccc4)c3)C(Cc3ccccc3)=C(O)C2CCc2ccccc2)c1. The number of aliphatic hydroxyl groups excluding tert-OH is 1. The molecule has 0 saturated heterocycles. The summed E-state index contributed by atoms with van der Waals surface area (Å²) in [5, 5.41) is 12.3. The molecule has 10 nitrogen and oxygen atoms in total. The predicted molar refractivity (Wildman–Crippen MR) is 232 cm³/mol. The normalized spacial score (nSPS) is 15.7. The number of amides is 3. The smallest absolute Gasteiger partial charge is 0.365 e. The van der Waals surface area contributed by atoms with Gasteiger partial charge in [-0.05, 0) is 70.5 Å². The van der Waals surface area contributed by atoms with Crippen LogP contribution in [0.3, 0.4) is 0 Å². The van der Waals surface area contributed by atoms with Gasteiger partial charge < -0.3 is 25.4 Å². The van der Waals surface area contributed by atoms with Crippen molar-refractivity contribution in [3.8, 4) is 5.75 Å². The average molecular weight is 822 g/mol. The molecule has 1 aliphatic heterocycles. The van der Waals surface area contributed by atoms with E-state index in [2.05, 4.69) is 0 Å². The minimum Gasteiger partial charge on any atom is -0.508 e. The first-order chi connectivity index (χ1) is 29.1. The molecular weight excluding hydrogens is 774 g/mol. The van der Waals surface area contributed by atoms with Crippen LogP contribution in [0.5, 0.6) is 5.75 Å². The lowest BCUT2D eigenvalue weighted by atomic mass is 9.96. The largest absolute Gasteiger partial charge is 0.508 e. The zero-order valence-corrected chi connectivity index (χ0v) is 34.0. The second kappa shape index (κ2) is 19.5. The summed E-state index contributed by atoms with van der Waals surface area (Å²) in [4.78, 5) is 41.3. The van der Waals surface area contributed by atoms with E-state index in [1.807, 2.05) is 133 Å². The Morgan fingerprint density at radius 3 is 1.92 bits per heavy atom. The van der Waals surface area contributed by atoms with Crippen LogP contribution >= 0.6 is 7.60 Å². The number of nitrogens with two attached hydrogens (primary N) is 1. The third kappa shape index (κ3) is 11.0. The molecule has 1 aliphatic rings. The first-order valence-corrected chi connectivity index (χ1v) is 21.7. The molecule has 4 N–H and O–H groups in total. The van der Waals surface area contributed by atoms with Crippen molar-refractivity contribution in [1.82, 2.24) is 9.80 Å². The second-order valence-corrected chi connectivity index (χ2v) is 16.6. The van der Waals surface area contributed by atoms with Gasteiger partial charge in [0.1, 0.15) is 11.5 Å². The fourth-order valence-electron chi connectivity index (χ4n) is 7.47. The summed E-state index contributed by atoms with van der Waals surface area (Å²) in [5.74, 6) is -0.186. The van der Waals surface area contributed by atoms with Gasteiger partial charge in [-0.2, -0.15) is 0 Å². The van der Waals surface area contributed by atoms with Crippen molar-refractivity contribution in [2.45, 2.75) is 50.9 Å². The molecule has 0 fully saturated rings. The summed E-state index contributed by atoms with van der Waals surface area (Å²) in [6.07, 6.45) is 0.448. The highest BCUT2D eigenvalue weighted by Gasteiger charge is 2.40. The highest BCUT2D eigenvalue weighted by atomic mass is 31.2. The lowest BCUT2D eigenvalue weighted by molar-refractivity contribution is 0.0999. The molecule has 0 aliphatic carbocycles. The summed E-state index contributed by atoms with van der Waals surface area (Å²) >= 11 is 0. The van der Waals surface area contributed by atoms with Crippen molar-refractivity contribution in [2.24, 2.45) is 5.73 Å². The number of rotatable bonds is 18. The molecule has 3 unspecified atom stereocenters. The first-order valence-electron chi connectivity index (χ1n) is 19.9. The predicted octanol–water partition coefficient (Wildman–Crippen LogP) is 9.76. The molecule has 0 saturated carbocycles. The summed E-state index contributed by atoms with van der Waals surface area (Å²) in [6.45, 7) is 0.174. The molecule has 0 spiro atoms. The van der Waals surface area contributed by atoms with Gasteiger partial charge >= 0.3 is 13.6 Å². The molecule has 306 valence electrons. The molecule has 3 atom stereocenters. The van der Waals surface area contributed by atoms with E-state index in [4.69, 9.17) is 15.0 Å². The number of ether oxygens (including phenoxy) is 1. The summed E-state index contributed by atoms with van der Waals surface area (Å²) < 4.78 is 25.4. The Morgan fingerprint density at radius 1 is 0.700 bits per heavy atom. The lowest BCUT2D eigenvalue weighted by Crippen LogP contribution is -2.53. The van der Waals surface area contributed by atoms with Crippen LogP contribution in [0, 0.1) is 0 Å². The van der Waals surface area contributed by atoms with Gasteiger partial charge in [-0.25, -0.2) is 4.79 Å². The number of nitrogens with zero attached hydrogens (tertiary/aromatic N) is 2. The van der Waals surface area contributed by atoms with Crippen molar-refractivity contribution in [3.05, 3.63) is 220 Å². The summed E-state index contributed by atoms with van der Waals surface area (Å²) in [7, 11) is -4.28. The number of hydrogen-bond acceptors (Lipinski definition) is 6. The third-order valence-electron chi connectivity index (χ3n) is 10.5. The topological polar surface area (TPSA) is 143 Å². The minimum atomic E-state index is -4.28. The number of carbonyl (C=O) groups excluding carboxylic acids is 2. The molecule has 0 aromatic heterocycles. The van der Waals surface area contributed by atoms with Gasteiger partial charge in [-0.15, -0.1) is 0 Å². The van der Waals surface area contributed by atoms with Crippen molar-refractivity contribution < 1.29 is 33.4 Å². The number of primary amides is 1. The molecule has 11 heteroatoms. The van der Waals surface area contributed by atoms with Crippen LogP contribution < -0.4 is 10.5 Å². The number of hydrogen-bond donors (Lipinski definition) is 3. The molecule has 6 aromatic rings. The fraction of sp³-hybridized carbons (Fsp3) is 0.184. The van der Waals surface area contributed by atoms with E-state index in [-0.39, 0.29) is 31.3 Å². The zero-order valence-electron chi connectivity index (χ0n) is 33.1. The Labute approximate surface area is 350 Å². The molecule has 7 rings (SSSR count). The van der Waals surface area contributed by atoms with Crippen LogP contribution in [0.15, 0.2) is 181 Å². The van der Waals surface area contributed by atoms with Gasteiger partial charge in [0.25, 0.3) is 0 Å². The zero-order chi connectivity index (χ0) is 41.9. The van der Waals surface area contributed by atoms with Crippen LogP contribution in [0.25, 0.3) is 0 Å². The maximum Gasteiger partial charge on any atom is 0.365 e. The number of benzene rings is 6. The highest BCUT2D eigenvalue weighted by Crippen LogP contribution is 2.48. The van der Waals surface area contributed by atoms with E-state index in [1.54, 1.807) is 46.2 Å². The van der Waals surface area contributed by atoms with Gasteiger partial charge in [-0.3, -0.25) is 18.8 Å². The molecule has 60 heavy (non-hydrogen) atoms. The van der Waals surface area contributed by atoms with E-state index in [9.17, 15) is 24.2 Å². The standard InChI is InChI=1S/C49H48N3O7P/c50-48(54)42-25-13-21-39(29-42)33-51-44(28-27-36-15-5-1-6-16-36)47(53)45(31-37-17-7-2-8-18-37)52(49(51)55)34-40-22-14-26-43(30-40)58-35-60(56,57)59-46(41-23-11-4-12-24-41)32-38-19-9-3-10-20-38/h1-26,29-30,44,46,53H,27-28,31-35H2,(H2,50,54)(H,56,57). The highest BCUT2D eigenvalue weighted by molar-refractivity contribution is 7.52. The molecule has 6 aromatic carbocycles. The average Bonchev–Trinajstić information content (AvgIpc) is 3.27. The number of carbonyl (C=O) groups is 2. The Balaban J connectivity index is 1.15. The van der Waals surface area contributed by atoms with E-state index in [0.29, 0.717) is 47.4 Å². The monoisotopic (exact) mass is 821 g/mol. The van der Waals surface area contributed by atoms with Crippen LogP contribution in [0.1, 0.15) is 56.3 Å². The van der Waals surface area contributed by atoms with Crippen molar-refractivity contribution >= 4 is 19.5 Å². The molecular formula is C49H48N3O7P. The number of allylic oxidation sites excluding steroid dienone is 1. The van der Waals surface area contributed by atoms with E-state index >= 15 is 0 Å². The molecule has 0 bridgehead atoms. The maximum absolute atomic E-state index is 14.9. The fourth-order valence-corrected chi connectivity index (χ4v) is 8.44. The van der Waals surface area contributed by atoms with Gasteiger partial charge in [0, 0.05) is 24.9 Å². The quantitative estimate of drug-likeness (QED) is 0.0733. The Kier molecular flexibility index (Phi) is 13.6. The van der Waals surface area contributed by atoms with Crippen molar-refractivity contribution in [2.75, 3.05) is 6.35 Å². The van der Waals surface area contributed by atoms with E-state index < -0.39 is 32.0 Å². The van der Waals surface area contributed by atoms with Crippen LogP contribution in [0.4, 0.5) is 4.79 Å². The van der Waals surface area contributed by atoms with E-state index in [1.165, 1.54) is 0 Å². The summed E-state index contributed by atoms with van der Waals surface area (Å²) in [6, 6.07) is 51.4. The number of urea groups is 1. The minimum absolute atomic E-state index is 0.0614. The maximum atomic E-state index is 14.9. The molecule has 3 amide bonds. The van der Waals surface area contributed by atoms with Crippen LogP contribution in [0.2, 0.25) is 0 Å². The van der Waals surface area contributed by atoms with Crippen LogP contribution in [-0.2, 0) is 41.4 Å². The number of aryl methyl sites for hydroxylation is 1. The first kappa shape index (κ1) is 41.7. The Hall–Kier alpha value is -6.45. The molecule has 1 heterocycles. The third-order valence-corrected chi connectivity index (χ3v) is 11.5. The van der Waals surface area contributed by atoms with Gasteiger partial charge in [0.15, 0.2) is 6.35 Å². The Morgan fingerprint density at radius 2 is 1.27 bits per heavy atom. The Bertz CT molecular complexity index is 2450. The van der Waals surface area contributed by atoms with Crippen molar-refractivity contribution in [1.29, 1.82) is 0 Å². The second-order valence-electron chi connectivity index (χ2n) is 14.8. The summed E-state index contributed by atoms with van der Waals surface area (Å²) in [5.41, 5.74) is 11.5. The van der Waals surface area contributed by atoms with Gasteiger partial charge in [-0.1, -0.05) is 146 Å². The van der Waals surface area contributed by atoms with Gasteiger partial charge in [0.05, 0.1) is 24.4 Å². The van der Waals surface area contributed by atoms with Crippen LogP contribution in [-0.4, -0.2) is 44.1 Å². The number of aliphatic hydroxyl groups is 1.